The van der Waals surface area contributed by atoms with Crippen LogP contribution in [0.25, 0.3) is 0 Å². The normalized spacial score (nSPS) is 14.4. The summed E-state index contributed by atoms with van der Waals surface area (Å²) < 4.78 is 10.4. The molecular formula is C21H19ClN2O6. The number of methoxy groups -OCH3 is 1. The summed E-state index contributed by atoms with van der Waals surface area (Å²) in [6.45, 7) is 1.43. The predicted octanol–water partition coefficient (Wildman–Crippen LogP) is 3.19. The van der Waals surface area contributed by atoms with E-state index in [2.05, 4.69) is 5.32 Å². The number of anilines is 2. The number of amides is 3. The molecule has 1 saturated heterocycles. The highest BCUT2D eigenvalue weighted by Crippen LogP contribution is 2.28. The van der Waals surface area contributed by atoms with Crippen LogP contribution < -0.4 is 15.0 Å². The second-order valence-electron chi connectivity index (χ2n) is 6.55. The molecular weight excluding hydrogens is 412 g/mol. The van der Waals surface area contributed by atoms with Crippen molar-refractivity contribution in [2.75, 3.05) is 17.3 Å². The van der Waals surface area contributed by atoms with E-state index in [0.29, 0.717) is 22.1 Å². The number of rotatable bonds is 6. The van der Waals surface area contributed by atoms with Crippen LogP contribution >= 0.6 is 11.6 Å². The van der Waals surface area contributed by atoms with Crippen LogP contribution in [0, 0.1) is 0 Å². The molecule has 0 aromatic heterocycles. The second-order valence-corrected chi connectivity index (χ2v) is 6.99. The molecule has 1 N–H and O–H groups in total. The number of ether oxygens (including phenoxy) is 2. The zero-order chi connectivity index (χ0) is 21.8. The number of carbonyl (C=O) groups is 4. The number of benzene rings is 2. The molecule has 0 unspecified atom stereocenters. The molecule has 1 fully saturated rings. The number of hydrogen-bond donors (Lipinski definition) is 1. The van der Waals surface area contributed by atoms with E-state index >= 15 is 0 Å². The summed E-state index contributed by atoms with van der Waals surface area (Å²) >= 11 is 5.94. The Bertz CT molecular complexity index is 989. The van der Waals surface area contributed by atoms with E-state index in [1.807, 2.05) is 0 Å². The maximum absolute atomic E-state index is 12.4. The third-order valence-electron chi connectivity index (χ3n) is 4.49. The summed E-state index contributed by atoms with van der Waals surface area (Å²) in [6.07, 6.45) is -0.748. The van der Waals surface area contributed by atoms with Gasteiger partial charge in [-0.05, 0) is 49.4 Å². The summed E-state index contributed by atoms with van der Waals surface area (Å²) in [5, 5.41) is 3.02. The van der Waals surface area contributed by atoms with E-state index in [9.17, 15) is 19.2 Å². The number of esters is 1. The Hall–Kier alpha value is -3.39. The Morgan fingerprint density at radius 3 is 2.30 bits per heavy atom. The first-order valence-electron chi connectivity index (χ1n) is 9.11. The minimum Gasteiger partial charge on any atom is -0.495 e. The van der Waals surface area contributed by atoms with Gasteiger partial charge in [0.05, 0.1) is 24.0 Å². The molecule has 2 aromatic rings. The fraction of sp³-hybridized carbons (Fsp3) is 0.238. The predicted molar refractivity (Wildman–Crippen MR) is 110 cm³/mol. The SMILES string of the molecule is COc1ccc(Cl)cc1NC(=O)[C@@H](C)OC(=O)c1ccc(N2C(=O)CCC2=O)cc1. The van der Waals surface area contributed by atoms with Crippen molar-refractivity contribution in [3.05, 3.63) is 53.1 Å². The average molecular weight is 431 g/mol. The molecule has 30 heavy (non-hydrogen) atoms. The summed E-state index contributed by atoms with van der Waals surface area (Å²) in [7, 11) is 1.45. The third-order valence-corrected chi connectivity index (χ3v) is 4.72. The summed E-state index contributed by atoms with van der Waals surface area (Å²) in [6, 6.07) is 10.6. The van der Waals surface area contributed by atoms with E-state index in [1.165, 1.54) is 44.4 Å². The Kier molecular flexibility index (Phi) is 6.37. The smallest absolute Gasteiger partial charge is 0.338 e. The monoisotopic (exact) mass is 430 g/mol. The molecule has 0 radical (unpaired) electrons. The molecule has 8 nitrogen and oxygen atoms in total. The minimum absolute atomic E-state index is 0.173. The van der Waals surface area contributed by atoms with Gasteiger partial charge in [0.25, 0.3) is 5.91 Å². The first-order valence-corrected chi connectivity index (χ1v) is 9.49. The van der Waals surface area contributed by atoms with Crippen molar-refractivity contribution in [2.45, 2.75) is 25.9 Å². The lowest BCUT2D eigenvalue weighted by atomic mass is 10.2. The van der Waals surface area contributed by atoms with Gasteiger partial charge in [0.15, 0.2) is 6.10 Å². The van der Waals surface area contributed by atoms with E-state index in [1.54, 1.807) is 12.1 Å². The lowest BCUT2D eigenvalue weighted by Crippen LogP contribution is -2.30. The number of imide groups is 1. The molecule has 156 valence electrons. The molecule has 0 spiro atoms. The summed E-state index contributed by atoms with van der Waals surface area (Å²) in [5.41, 5.74) is 0.915. The highest BCUT2D eigenvalue weighted by molar-refractivity contribution is 6.31. The van der Waals surface area contributed by atoms with Gasteiger partial charge in [-0.1, -0.05) is 11.6 Å². The standard InChI is InChI=1S/C21H19ClN2O6/c1-12(20(27)23-16-11-14(22)5-8-17(16)29-2)30-21(28)13-3-6-15(7-4-13)24-18(25)9-10-19(24)26/h3-8,11-12H,9-10H2,1-2H3,(H,23,27)/t12-/m1/s1. The van der Waals surface area contributed by atoms with Gasteiger partial charge in [0, 0.05) is 17.9 Å². The Morgan fingerprint density at radius 2 is 1.70 bits per heavy atom. The molecule has 1 heterocycles. The van der Waals surface area contributed by atoms with Crippen LogP contribution in [0.3, 0.4) is 0 Å². The van der Waals surface area contributed by atoms with E-state index in [4.69, 9.17) is 21.1 Å². The zero-order valence-electron chi connectivity index (χ0n) is 16.3. The van der Waals surface area contributed by atoms with Crippen LogP contribution in [0.2, 0.25) is 5.02 Å². The van der Waals surface area contributed by atoms with Gasteiger partial charge in [-0.2, -0.15) is 0 Å². The van der Waals surface area contributed by atoms with E-state index in [-0.39, 0.29) is 30.2 Å². The van der Waals surface area contributed by atoms with Crippen LogP contribution in [-0.2, 0) is 19.1 Å². The van der Waals surface area contributed by atoms with Crippen LogP contribution in [0.5, 0.6) is 5.75 Å². The first-order chi connectivity index (χ1) is 14.3. The molecule has 0 bridgehead atoms. The van der Waals surface area contributed by atoms with E-state index in [0.717, 1.165) is 4.90 Å². The Labute approximate surface area is 177 Å². The fourth-order valence-electron chi connectivity index (χ4n) is 2.91. The van der Waals surface area contributed by atoms with Crippen molar-refractivity contribution in [1.82, 2.24) is 0 Å². The number of carbonyl (C=O) groups excluding carboxylic acids is 4. The Balaban J connectivity index is 1.64. The van der Waals surface area contributed by atoms with Crippen LogP contribution in [-0.4, -0.2) is 36.9 Å². The van der Waals surface area contributed by atoms with Gasteiger partial charge in [0.1, 0.15) is 5.75 Å². The maximum atomic E-state index is 12.4. The van der Waals surface area contributed by atoms with Crippen molar-refractivity contribution in [2.24, 2.45) is 0 Å². The molecule has 9 heteroatoms. The number of nitrogens with zero attached hydrogens (tertiary/aromatic N) is 1. The van der Waals surface area contributed by atoms with Gasteiger partial charge in [0.2, 0.25) is 11.8 Å². The highest BCUT2D eigenvalue weighted by Gasteiger charge is 2.30. The van der Waals surface area contributed by atoms with Gasteiger partial charge >= 0.3 is 5.97 Å². The lowest BCUT2D eigenvalue weighted by Gasteiger charge is -2.16. The van der Waals surface area contributed by atoms with Gasteiger partial charge < -0.3 is 14.8 Å². The van der Waals surface area contributed by atoms with Crippen molar-refractivity contribution >= 4 is 46.7 Å². The van der Waals surface area contributed by atoms with Crippen molar-refractivity contribution in [3.8, 4) is 5.75 Å². The van der Waals surface area contributed by atoms with Crippen LogP contribution in [0.15, 0.2) is 42.5 Å². The van der Waals surface area contributed by atoms with Gasteiger partial charge in [-0.15, -0.1) is 0 Å². The molecule has 2 aromatic carbocycles. The zero-order valence-corrected chi connectivity index (χ0v) is 17.1. The lowest BCUT2D eigenvalue weighted by molar-refractivity contribution is -0.124. The molecule has 0 saturated carbocycles. The topological polar surface area (TPSA) is 102 Å². The minimum atomic E-state index is -1.09. The second kappa shape index (κ2) is 8.96. The molecule has 3 amide bonds. The molecule has 0 aliphatic carbocycles. The van der Waals surface area contributed by atoms with Crippen molar-refractivity contribution in [1.29, 1.82) is 0 Å². The van der Waals surface area contributed by atoms with Crippen LogP contribution in [0.1, 0.15) is 30.1 Å². The van der Waals surface area contributed by atoms with Gasteiger partial charge in [-0.3, -0.25) is 19.3 Å². The fourth-order valence-corrected chi connectivity index (χ4v) is 3.08. The first kappa shape index (κ1) is 21.3. The van der Waals surface area contributed by atoms with E-state index < -0.39 is 18.0 Å². The number of halogens is 1. The largest absolute Gasteiger partial charge is 0.495 e. The third kappa shape index (κ3) is 4.60. The number of hydrogen-bond acceptors (Lipinski definition) is 6. The molecule has 3 rings (SSSR count). The molecule has 1 aliphatic heterocycles. The quantitative estimate of drug-likeness (QED) is 0.557. The Morgan fingerprint density at radius 1 is 1.07 bits per heavy atom. The number of nitrogens with one attached hydrogen (secondary N) is 1. The average Bonchev–Trinajstić information content (AvgIpc) is 3.06. The summed E-state index contributed by atoms with van der Waals surface area (Å²) in [5.74, 6) is -1.43. The van der Waals surface area contributed by atoms with Gasteiger partial charge in [-0.25, -0.2) is 4.79 Å². The van der Waals surface area contributed by atoms with Crippen LogP contribution in [0.4, 0.5) is 11.4 Å². The summed E-state index contributed by atoms with van der Waals surface area (Å²) in [4.78, 5) is 49.4. The maximum Gasteiger partial charge on any atom is 0.338 e. The highest BCUT2D eigenvalue weighted by atomic mass is 35.5. The molecule has 1 aliphatic rings. The molecule has 1 atom stereocenters. The van der Waals surface area contributed by atoms with Crippen molar-refractivity contribution < 1.29 is 28.7 Å². The van der Waals surface area contributed by atoms with Crippen molar-refractivity contribution in [3.63, 3.8) is 0 Å².